The standard InChI is InChI=1S/C19H19ClN2O/c1-22(12-14-6-4-3-5-7-14)13-16-10-15-8-9-17(23-2)11-18(15)21-19(16)20/h3-11H,12-13H2,1-2H3. The second-order valence-electron chi connectivity index (χ2n) is 5.65. The van der Waals surface area contributed by atoms with Crippen molar-refractivity contribution in [2.75, 3.05) is 14.2 Å². The van der Waals surface area contributed by atoms with Gasteiger partial charge in [-0.1, -0.05) is 41.9 Å². The average Bonchev–Trinajstić information content (AvgIpc) is 2.56. The molecule has 2 aromatic carbocycles. The molecule has 0 amide bonds. The first-order chi connectivity index (χ1) is 11.2. The molecule has 0 atom stereocenters. The zero-order chi connectivity index (χ0) is 16.2. The summed E-state index contributed by atoms with van der Waals surface area (Å²) in [6, 6.07) is 18.4. The number of halogens is 1. The fourth-order valence-electron chi connectivity index (χ4n) is 2.65. The van der Waals surface area contributed by atoms with Crippen molar-refractivity contribution in [2.24, 2.45) is 0 Å². The third kappa shape index (κ3) is 3.81. The molecule has 0 aliphatic heterocycles. The van der Waals surface area contributed by atoms with Crippen LogP contribution in [0.5, 0.6) is 5.75 Å². The molecule has 3 nitrogen and oxygen atoms in total. The molecule has 0 radical (unpaired) electrons. The molecule has 0 fully saturated rings. The highest BCUT2D eigenvalue weighted by Crippen LogP contribution is 2.25. The van der Waals surface area contributed by atoms with Gasteiger partial charge in [0.1, 0.15) is 10.9 Å². The van der Waals surface area contributed by atoms with Gasteiger partial charge in [-0.15, -0.1) is 0 Å². The number of methoxy groups -OCH3 is 1. The Kier molecular flexibility index (Phi) is 4.79. The van der Waals surface area contributed by atoms with Crippen LogP contribution in [0.2, 0.25) is 5.15 Å². The highest BCUT2D eigenvalue weighted by Gasteiger charge is 2.09. The lowest BCUT2D eigenvalue weighted by atomic mass is 10.1. The number of ether oxygens (including phenoxy) is 1. The summed E-state index contributed by atoms with van der Waals surface area (Å²) in [6.07, 6.45) is 0. The fourth-order valence-corrected chi connectivity index (χ4v) is 2.85. The van der Waals surface area contributed by atoms with E-state index in [-0.39, 0.29) is 0 Å². The maximum absolute atomic E-state index is 6.37. The molecular formula is C19H19ClN2O. The van der Waals surface area contributed by atoms with Crippen LogP contribution in [0.25, 0.3) is 10.9 Å². The van der Waals surface area contributed by atoms with Crippen molar-refractivity contribution in [1.82, 2.24) is 9.88 Å². The van der Waals surface area contributed by atoms with E-state index in [0.29, 0.717) is 5.15 Å². The van der Waals surface area contributed by atoms with Gasteiger partial charge in [0, 0.05) is 30.1 Å². The maximum atomic E-state index is 6.37. The Morgan fingerprint density at radius 2 is 1.83 bits per heavy atom. The lowest BCUT2D eigenvalue weighted by Gasteiger charge is -2.18. The minimum Gasteiger partial charge on any atom is -0.497 e. The number of nitrogens with zero attached hydrogens (tertiary/aromatic N) is 2. The average molecular weight is 327 g/mol. The van der Waals surface area contributed by atoms with Crippen molar-refractivity contribution in [2.45, 2.75) is 13.1 Å². The van der Waals surface area contributed by atoms with Gasteiger partial charge in [-0.3, -0.25) is 4.90 Å². The van der Waals surface area contributed by atoms with Crippen LogP contribution in [0.4, 0.5) is 0 Å². The summed E-state index contributed by atoms with van der Waals surface area (Å²) >= 11 is 6.37. The number of hydrogen-bond acceptors (Lipinski definition) is 3. The van der Waals surface area contributed by atoms with Crippen molar-refractivity contribution >= 4 is 22.5 Å². The molecule has 118 valence electrons. The Morgan fingerprint density at radius 3 is 2.57 bits per heavy atom. The summed E-state index contributed by atoms with van der Waals surface area (Å²) in [4.78, 5) is 6.73. The maximum Gasteiger partial charge on any atom is 0.134 e. The molecule has 0 spiro atoms. The van der Waals surface area contributed by atoms with Crippen LogP contribution < -0.4 is 4.74 Å². The van der Waals surface area contributed by atoms with Crippen LogP contribution in [0.15, 0.2) is 54.6 Å². The molecule has 0 bridgehead atoms. The van der Waals surface area contributed by atoms with Crippen LogP contribution in [-0.4, -0.2) is 24.0 Å². The van der Waals surface area contributed by atoms with Crippen molar-refractivity contribution in [3.63, 3.8) is 0 Å². The Labute approximate surface area is 141 Å². The van der Waals surface area contributed by atoms with E-state index in [1.807, 2.05) is 24.3 Å². The molecule has 0 saturated carbocycles. The van der Waals surface area contributed by atoms with E-state index in [1.54, 1.807) is 7.11 Å². The number of fused-ring (bicyclic) bond motifs is 1. The van der Waals surface area contributed by atoms with Crippen molar-refractivity contribution in [1.29, 1.82) is 0 Å². The molecule has 3 aromatic rings. The highest BCUT2D eigenvalue weighted by atomic mass is 35.5. The number of benzene rings is 2. The number of pyridine rings is 1. The Balaban J connectivity index is 1.80. The van der Waals surface area contributed by atoms with Crippen molar-refractivity contribution < 1.29 is 4.74 Å². The van der Waals surface area contributed by atoms with Crippen molar-refractivity contribution in [3.8, 4) is 5.75 Å². The summed E-state index contributed by atoms with van der Waals surface area (Å²) in [7, 11) is 3.73. The van der Waals surface area contributed by atoms with E-state index in [9.17, 15) is 0 Å². The minimum atomic E-state index is 0.547. The van der Waals surface area contributed by atoms with Crippen LogP contribution in [0.3, 0.4) is 0 Å². The molecule has 1 heterocycles. The van der Waals surface area contributed by atoms with Gasteiger partial charge >= 0.3 is 0 Å². The predicted octanol–water partition coefficient (Wildman–Crippen LogP) is 4.53. The molecule has 0 saturated heterocycles. The van der Waals surface area contributed by atoms with E-state index < -0.39 is 0 Å². The normalized spacial score (nSPS) is 11.1. The van der Waals surface area contributed by atoms with Gasteiger partial charge < -0.3 is 4.74 Å². The number of rotatable bonds is 5. The molecule has 0 aliphatic carbocycles. The molecule has 1 aromatic heterocycles. The first-order valence-corrected chi connectivity index (χ1v) is 7.89. The summed E-state index contributed by atoms with van der Waals surface area (Å²) in [5, 5.41) is 1.61. The van der Waals surface area contributed by atoms with E-state index in [0.717, 1.165) is 35.3 Å². The van der Waals surface area contributed by atoms with Gasteiger partial charge in [-0.05, 0) is 30.8 Å². The Bertz CT molecular complexity index is 805. The summed E-state index contributed by atoms with van der Waals surface area (Å²) < 4.78 is 5.23. The smallest absolute Gasteiger partial charge is 0.134 e. The molecule has 0 aliphatic rings. The van der Waals surface area contributed by atoms with Crippen LogP contribution in [-0.2, 0) is 13.1 Å². The van der Waals surface area contributed by atoms with E-state index in [2.05, 4.69) is 47.3 Å². The van der Waals surface area contributed by atoms with E-state index in [1.165, 1.54) is 5.56 Å². The number of hydrogen-bond donors (Lipinski definition) is 0. The molecule has 23 heavy (non-hydrogen) atoms. The van der Waals surface area contributed by atoms with Gasteiger partial charge in [-0.2, -0.15) is 0 Å². The second-order valence-corrected chi connectivity index (χ2v) is 6.01. The van der Waals surface area contributed by atoms with Gasteiger partial charge in [0.2, 0.25) is 0 Å². The Hall–Kier alpha value is -2.10. The first-order valence-electron chi connectivity index (χ1n) is 7.51. The molecule has 0 unspecified atom stereocenters. The number of aromatic nitrogens is 1. The van der Waals surface area contributed by atoms with Gasteiger partial charge in [0.05, 0.1) is 12.6 Å². The zero-order valence-corrected chi connectivity index (χ0v) is 14.0. The summed E-state index contributed by atoms with van der Waals surface area (Å²) in [6.45, 7) is 1.63. The van der Waals surface area contributed by atoms with Gasteiger partial charge in [0.15, 0.2) is 0 Å². The van der Waals surface area contributed by atoms with Crippen LogP contribution in [0.1, 0.15) is 11.1 Å². The monoisotopic (exact) mass is 326 g/mol. The lowest BCUT2D eigenvalue weighted by Crippen LogP contribution is -2.17. The molecule has 0 N–H and O–H groups in total. The SMILES string of the molecule is COc1ccc2cc(CN(C)Cc3ccccc3)c(Cl)nc2c1. The topological polar surface area (TPSA) is 25.4 Å². The molecule has 4 heteroatoms. The fraction of sp³-hybridized carbons (Fsp3) is 0.211. The third-order valence-corrected chi connectivity index (χ3v) is 4.11. The lowest BCUT2D eigenvalue weighted by molar-refractivity contribution is 0.319. The summed E-state index contributed by atoms with van der Waals surface area (Å²) in [5.74, 6) is 0.787. The minimum absolute atomic E-state index is 0.547. The third-order valence-electron chi connectivity index (χ3n) is 3.79. The van der Waals surface area contributed by atoms with Crippen LogP contribution in [0, 0.1) is 0 Å². The Morgan fingerprint density at radius 1 is 1.04 bits per heavy atom. The van der Waals surface area contributed by atoms with Crippen LogP contribution >= 0.6 is 11.6 Å². The zero-order valence-electron chi connectivity index (χ0n) is 13.3. The molecular weight excluding hydrogens is 308 g/mol. The van der Waals surface area contributed by atoms with Gasteiger partial charge in [-0.25, -0.2) is 4.98 Å². The quantitative estimate of drug-likeness (QED) is 0.644. The predicted molar refractivity (Wildman–Crippen MR) is 94.9 cm³/mol. The second kappa shape index (κ2) is 6.99. The van der Waals surface area contributed by atoms with E-state index in [4.69, 9.17) is 16.3 Å². The van der Waals surface area contributed by atoms with E-state index >= 15 is 0 Å². The largest absolute Gasteiger partial charge is 0.497 e. The van der Waals surface area contributed by atoms with Crippen molar-refractivity contribution in [3.05, 3.63) is 70.9 Å². The van der Waals surface area contributed by atoms with Gasteiger partial charge in [0.25, 0.3) is 0 Å². The first kappa shape index (κ1) is 15.8. The molecule has 3 rings (SSSR count). The summed E-state index contributed by atoms with van der Waals surface area (Å²) in [5.41, 5.74) is 3.16. The highest BCUT2D eigenvalue weighted by molar-refractivity contribution is 6.30.